The molecule has 1 saturated heterocycles. The summed E-state index contributed by atoms with van der Waals surface area (Å²) in [6.07, 6.45) is 6.21. The molecule has 0 aliphatic carbocycles. The van der Waals surface area contributed by atoms with E-state index in [0.717, 1.165) is 0 Å². The summed E-state index contributed by atoms with van der Waals surface area (Å²) >= 11 is 0. The van der Waals surface area contributed by atoms with E-state index < -0.39 is 30.3 Å². The molecule has 1 fully saturated rings. The molecule has 0 aromatic heterocycles. The van der Waals surface area contributed by atoms with Crippen molar-refractivity contribution in [2.75, 3.05) is 6.61 Å². The van der Waals surface area contributed by atoms with Gasteiger partial charge in [0.05, 0.1) is 24.7 Å². The SMILES string of the molecule is C#C[C@H]1[C@H](O)[C@H](O)[C@@H](C#C)O[C@@H]1CO. The van der Waals surface area contributed by atoms with Crippen LogP contribution in [-0.2, 0) is 4.74 Å². The standard InChI is InChI=1S/C10H12O4/c1-3-6-8(5-11)14-7(4-2)10(13)9(6)12/h1-2,6-13H,5H2/t6-,7-,8-,9+,10-/m1/s1. The molecule has 3 N–H and O–H groups in total. The van der Waals surface area contributed by atoms with Gasteiger partial charge in [-0.15, -0.1) is 12.8 Å². The van der Waals surface area contributed by atoms with Crippen molar-refractivity contribution in [3.8, 4) is 24.7 Å². The molecule has 4 nitrogen and oxygen atoms in total. The smallest absolute Gasteiger partial charge is 0.146 e. The van der Waals surface area contributed by atoms with Crippen LogP contribution in [0.3, 0.4) is 0 Å². The predicted octanol–water partition coefficient (Wildman–Crippen LogP) is -1.65. The van der Waals surface area contributed by atoms with Gasteiger partial charge in [0.1, 0.15) is 12.2 Å². The highest BCUT2D eigenvalue weighted by molar-refractivity contribution is 5.12. The van der Waals surface area contributed by atoms with E-state index in [2.05, 4.69) is 11.8 Å². The van der Waals surface area contributed by atoms with Gasteiger partial charge in [-0.2, -0.15) is 0 Å². The maximum atomic E-state index is 9.56. The molecule has 0 unspecified atom stereocenters. The molecule has 1 rings (SSSR count). The van der Waals surface area contributed by atoms with Gasteiger partial charge in [-0.05, 0) is 0 Å². The Morgan fingerprint density at radius 1 is 1.14 bits per heavy atom. The van der Waals surface area contributed by atoms with E-state index in [0.29, 0.717) is 0 Å². The van der Waals surface area contributed by atoms with Crippen molar-refractivity contribution in [1.82, 2.24) is 0 Å². The average Bonchev–Trinajstić information content (AvgIpc) is 2.21. The zero-order chi connectivity index (χ0) is 10.7. The third-order valence-corrected chi connectivity index (χ3v) is 2.29. The maximum absolute atomic E-state index is 9.56. The molecule has 1 heterocycles. The summed E-state index contributed by atoms with van der Waals surface area (Å²) in [7, 11) is 0. The number of hydrogen-bond donors (Lipinski definition) is 3. The number of rotatable bonds is 1. The molecule has 4 heteroatoms. The Morgan fingerprint density at radius 2 is 1.79 bits per heavy atom. The third-order valence-electron chi connectivity index (χ3n) is 2.29. The van der Waals surface area contributed by atoms with Gasteiger partial charge in [-0.3, -0.25) is 0 Å². The number of aliphatic hydroxyl groups is 3. The lowest BCUT2D eigenvalue weighted by Gasteiger charge is -2.38. The van der Waals surface area contributed by atoms with Gasteiger partial charge in [-0.25, -0.2) is 0 Å². The lowest BCUT2D eigenvalue weighted by atomic mass is 9.87. The van der Waals surface area contributed by atoms with E-state index >= 15 is 0 Å². The van der Waals surface area contributed by atoms with Crippen molar-refractivity contribution >= 4 is 0 Å². The minimum Gasteiger partial charge on any atom is -0.394 e. The second-order valence-electron chi connectivity index (χ2n) is 3.12. The summed E-state index contributed by atoms with van der Waals surface area (Å²) < 4.78 is 5.13. The second kappa shape index (κ2) is 4.45. The van der Waals surface area contributed by atoms with Crippen LogP contribution in [0.2, 0.25) is 0 Å². The molecule has 1 aliphatic heterocycles. The fourth-order valence-electron chi connectivity index (χ4n) is 1.47. The number of ether oxygens (including phenoxy) is 1. The molecule has 1 aliphatic rings. The molecule has 5 atom stereocenters. The summed E-state index contributed by atoms with van der Waals surface area (Å²) in [6, 6.07) is 0. The van der Waals surface area contributed by atoms with Gasteiger partial charge in [0.25, 0.3) is 0 Å². The van der Waals surface area contributed by atoms with Gasteiger partial charge >= 0.3 is 0 Å². The highest BCUT2D eigenvalue weighted by Crippen LogP contribution is 2.25. The summed E-state index contributed by atoms with van der Waals surface area (Å²) in [6.45, 7) is -0.336. The Hall–Kier alpha value is -1.04. The first-order chi connectivity index (χ1) is 6.65. The third kappa shape index (κ3) is 1.75. The molecular formula is C10H12O4. The fraction of sp³-hybridized carbons (Fsp3) is 0.600. The van der Waals surface area contributed by atoms with Crippen LogP contribution >= 0.6 is 0 Å². The topological polar surface area (TPSA) is 69.9 Å². The zero-order valence-electron chi connectivity index (χ0n) is 7.50. The van der Waals surface area contributed by atoms with Gasteiger partial charge in [0.15, 0.2) is 0 Å². The first-order valence-corrected chi connectivity index (χ1v) is 4.20. The minimum atomic E-state index is -1.20. The van der Waals surface area contributed by atoms with Crippen molar-refractivity contribution in [3.63, 3.8) is 0 Å². The van der Waals surface area contributed by atoms with E-state index in [1.54, 1.807) is 0 Å². The Morgan fingerprint density at radius 3 is 2.21 bits per heavy atom. The normalized spacial score (nSPS) is 42.5. The number of terminal acetylenes is 2. The van der Waals surface area contributed by atoms with Gasteiger partial charge in [0.2, 0.25) is 0 Å². The van der Waals surface area contributed by atoms with Crippen LogP contribution < -0.4 is 0 Å². The number of hydrogen-bond acceptors (Lipinski definition) is 4. The Bertz CT molecular complexity index is 273. The molecule has 0 aromatic carbocycles. The van der Waals surface area contributed by atoms with Crippen molar-refractivity contribution < 1.29 is 20.1 Å². The Kier molecular flexibility index (Phi) is 3.51. The fourth-order valence-corrected chi connectivity index (χ4v) is 1.47. The highest BCUT2D eigenvalue weighted by Gasteiger charge is 2.42. The van der Waals surface area contributed by atoms with E-state index in [-0.39, 0.29) is 6.61 Å². The van der Waals surface area contributed by atoms with E-state index in [1.807, 2.05) is 0 Å². The maximum Gasteiger partial charge on any atom is 0.146 e. The van der Waals surface area contributed by atoms with E-state index in [4.69, 9.17) is 22.7 Å². The van der Waals surface area contributed by atoms with E-state index in [1.165, 1.54) is 0 Å². The van der Waals surface area contributed by atoms with Crippen LogP contribution in [0.15, 0.2) is 0 Å². The summed E-state index contributed by atoms with van der Waals surface area (Å²) in [5.41, 5.74) is 0. The minimum absolute atomic E-state index is 0.336. The summed E-state index contributed by atoms with van der Waals surface area (Å²) in [4.78, 5) is 0. The van der Waals surface area contributed by atoms with Crippen LogP contribution in [0.1, 0.15) is 0 Å². The Balaban J connectivity index is 2.84. The summed E-state index contributed by atoms with van der Waals surface area (Å²) in [5.74, 6) is 3.71. The van der Waals surface area contributed by atoms with Gasteiger partial charge in [0, 0.05) is 0 Å². The lowest BCUT2D eigenvalue weighted by molar-refractivity contribution is -0.177. The van der Waals surface area contributed by atoms with Crippen LogP contribution in [0.25, 0.3) is 0 Å². The van der Waals surface area contributed by atoms with Crippen LogP contribution in [0.4, 0.5) is 0 Å². The summed E-state index contributed by atoms with van der Waals surface area (Å²) in [5, 5.41) is 27.9. The molecule has 0 amide bonds. The van der Waals surface area contributed by atoms with Crippen LogP contribution in [0.5, 0.6) is 0 Å². The first kappa shape index (κ1) is 11.0. The van der Waals surface area contributed by atoms with Crippen LogP contribution in [0, 0.1) is 30.6 Å². The largest absolute Gasteiger partial charge is 0.394 e. The molecule has 14 heavy (non-hydrogen) atoms. The molecule has 0 saturated carbocycles. The molecule has 0 radical (unpaired) electrons. The van der Waals surface area contributed by atoms with Gasteiger partial charge < -0.3 is 20.1 Å². The Labute approximate surface area is 82.5 Å². The second-order valence-corrected chi connectivity index (χ2v) is 3.12. The predicted molar refractivity (Wildman–Crippen MR) is 48.9 cm³/mol. The van der Waals surface area contributed by atoms with Crippen molar-refractivity contribution in [1.29, 1.82) is 0 Å². The quantitative estimate of drug-likeness (QED) is 0.439. The lowest BCUT2D eigenvalue weighted by Crippen LogP contribution is -2.54. The van der Waals surface area contributed by atoms with E-state index in [9.17, 15) is 10.2 Å². The van der Waals surface area contributed by atoms with Crippen molar-refractivity contribution in [2.24, 2.45) is 5.92 Å². The molecule has 0 spiro atoms. The van der Waals surface area contributed by atoms with Gasteiger partial charge in [-0.1, -0.05) is 11.8 Å². The van der Waals surface area contributed by atoms with Crippen molar-refractivity contribution in [3.05, 3.63) is 0 Å². The molecular weight excluding hydrogens is 184 g/mol. The van der Waals surface area contributed by atoms with Crippen molar-refractivity contribution in [2.45, 2.75) is 24.4 Å². The highest BCUT2D eigenvalue weighted by atomic mass is 16.5. The first-order valence-electron chi connectivity index (χ1n) is 4.20. The average molecular weight is 196 g/mol. The zero-order valence-corrected chi connectivity index (χ0v) is 7.50. The van der Waals surface area contributed by atoms with Crippen LogP contribution in [-0.4, -0.2) is 46.3 Å². The monoisotopic (exact) mass is 196 g/mol. The number of aliphatic hydroxyl groups excluding tert-OH is 3. The molecule has 0 bridgehead atoms. The molecule has 0 aromatic rings. The molecule has 76 valence electrons.